The van der Waals surface area contributed by atoms with Gasteiger partial charge in [0.15, 0.2) is 11.3 Å². The minimum absolute atomic E-state index is 0.0141. The number of hydrogen-bond donors (Lipinski definition) is 1. The van der Waals surface area contributed by atoms with Gasteiger partial charge in [0.25, 0.3) is 15.9 Å². The monoisotopic (exact) mass is 473 g/mol. The molecule has 1 fully saturated rings. The highest BCUT2D eigenvalue weighted by Gasteiger charge is 2.34. The van der Waals surface area contributed by atoms with Gasteiger partial charge in [0.2, 0.25) is 0 Å². The number of halogens is 4. The van der Waals surface area contributed by atoms with Crippen LogP contribution in [0.2, 0.25) is 5.02 Å². The van der Waals surface area contributed by atoms with Crippen LogP contribution >= 0.6 is 11.6 Å². The van der Waals surface area contributed by atoms with Crippen molar-refractivity contribution in [2.45, 2.75) is 23.9 Å². The Bertz CT molecular complexity index is 1270. The standard InChI is InChI=1S/C19H15ClF3N3O4S/c20-15-5-3-11(9-14(15)19(21,22)23)25-31(28,29)12-4-6-16-13(10-12)17(24-30-16)18(27)26-7-1-2-8-26/h3-6,9-10,25H,1-2,7-8H2. The van der Waals surface area contributed by atoms with E-state index in [4.69, 9.17) is 16.1 Å². The average Bonchev–Trinajstić information content (AvgIpc) is 3.37. The van der Waals surface area contributed by atoms with E-state index in [1.165, 1.54) is 18.2 Å². The molecule has 0 spiro atoms. The number of amides is 1. The first kappa shape index (κ1) is 21.4. The number of alkyl halides is 3. The van der Waals surface area contributed by atoms with E-state index in [1.54, 1.807) is 4.90 Å². The van der Waals surface area contributed by atoms with E-state index < -0.39 is 26.8 Å². The minimum Gasteiger partial charge on any atom is -0.355 e. The third-order valence-electron chi connectivity index (χ3n) is 4.87. The molecule has 0 saturated carbocycles. The van der Waals surface area contributed by atoms with Gasteiger partial charge in [-0.1, -0.05) is 16.8 Å². The molecule has 0 atom stereocenters. The van der Waals surface area contributed by atoms with Crippen molar-refractivity contribution in [2.24, 2.45) is 0 Å². The summed E-state index contributed by atoms with van der Waals surface area (Å²) >= 11 is 5.57. The number of hydrogen-bond acceptors (Lipinski definition) is 5. The van der Waals surface area contributed by atoms with Crippen molar-refractivity contribution in [3.05, 3.63) is 52.7 Å². The first-order valence-electron chi connectivity index (χ1n) is 9.14. The molecular weight excluding hydrogens is 459 g/mol. The van der Waals surface area contributed by atoms with Crippen LogP contribution in [-0.4, -0.2) is 37.5 Å². The predicted octanol–water partition coefficient (Wildman–Crippen LogP) is 4.54. The summed E-state index contributed by atoms with van der Waals surface area (Å²) in [7, 11) is -4.27. The summed E-state index contributed by atoms with van der Waals surface area (Å²) in [6, 6.07) is 6.44. The van der Waals surface area contributed by atoms with Gasteiger partial charge < -0.3 is 9.42 Å². The molecule has 4 rings (SSSR count). The number of nitrogens with one attached hydrogen (secondary N) is 1. The van der Waals surface area contributed by atoms with Gasteiger partial charge in [-0.25, -0.2) is 8.42 Å². The first-order valence-corrected chi connectivity index (χ1v) is 11.0. The third-order valence-corrected chi connectivity index (χ3v) is 6.58. The number of fused-ring (bicyclic) bond motifs is 1. The first-order chi connectivity index (χ1) is 14.6. The predicted molar refractivity (Wildman–Crippen MR) is 106 cm³/mol. The number of carbonyl (C=O) groups excluding carboxylic acids is 1. The van der Waals surface area contributed by atoms with E-state index in [-0.39, 0.29) is 33.2 Å². The normalized spacial score (nSPS) is 14.9. The Kier molecular flexibility index (Phi) is 5.34. The molecule has 0 aliphatic carbocycles. The molecule has 31 heavy (non-hydrogen) atoms. The molecule has 1 N–H and O–H groups in total. The lowest BCUT2D eigenvalue weighted by molar-refractivity contribution is -0.137. The maximum absolute atomic E-state index is 13.1. The van der Waals surface area contributed by atoms with Crippen molar-refractivity contribution in [3.63, 3.8) is 0 Å². The minimum atomic E-state index is -4.75. The van der Waals surface area contributed by atoms with Gasteiger partial charge in [-0.05, 0) is 49.2 Å². The lowest BCUT2D eigenvalue weighted by Crippen LogP contribution is -2.28. The summed E-state index contributed by atoms with van der Waals surface area (Å²) in [6.45, 7) is 1.15. The molecule has 3 aromatic rings. The van der Waals surface area contributed by atoms with Gasteiger partial charge >= 0.3 is 6.18 Å². The molecule has 0 unspecified atom stereocenters. The van der Waals surface area contributed by atoms with Crippen LogP contribution in [0.5, 0.6) is 0 Å². The maximum atomic E-state index is 13.1. The summed E-state index contributed by atoms with van der Waals surface area (Å²) in [5, 5.41) is 3.43. The Morgan fingerprint density at radius 1 is 1.13 bits per heavy atom. The molecule has 1 aliphatic rings. The van der Waals surface area contributed by atoms with E-state index in [2.05, 4.69) is 9.88 Å². The Hall–Kier alpha value is -2.79. The molecule has 2 aromatic carbocycles. The lowest BCUT2D eigenvalue weighted by atomic mass is 10.2. The van der Waals surface area contributed by atoms with Gasteiger partial charge in [0.05, 0.1) is 20.9 Å². The van der Waals surface area contributed by atoms with E-state index in [0.717, 1.165) is 25.0 Å². The summed E-state index contributed by atoms with van der Waals surface area (Å²) in [5.74, 6) is -0.369. The zero-order valence-electron chi connectivity index (χ0n) is 15.7. The maximum Gasteiger partial charge on any atom is 0.417 e. The van der Waals surface area contributed by atoms with E-state index in [0.29, 0.717) is 19.2 Å². The third kappa shape index (κ3) is 4.19. The topological polar surface area (TPSA) is 92.5 Å². The molecule has 2 heterocycles. The number of benzene rings is 2. The summed E-state index contributed by atoms with van der Waals surface area (Å²) in [5.41, 5.74) is -1.27. The molecule has 12 heteroatoms. The van der Waals surface area contributed by atoms with Gasteiger partial charge in [0, 0.05) is 18.8 Å². The van der Waals surface area contributed by atoms with Crippen molar-refractivity contribution in [1.29, 1.82) is 0 Å². The number of likely N-dealkylation sites (tertiary alicyclic amines) is 1. The molecule has 1 amide bonds. The number of aromatic nitrogens is 1. The van der Waals surface area contributed by atoms with Crippen molar-refractivity contribution in [3.8, 4) is 0 Å². The van der Waals surface area contributed by atoms with Crippen molar-refractivity contribution in [1.82, 2.24) is 10.1 Å². The lowest BCUT2D eigenvalue weighted by Gasteiger charge is -2.13. The second-order valence-electron chi connectivity index (χ2n) is 6.99. The van der Waals surface area contributed by atoms with Gasteiger partial charge in [-0.3, -0.25) is 9.52 Å². The van der Waals surface area contributed by atoms with Crippen LogP contribution < -0.4 is 4.72 Å². The van der Waals surface area contributed by atoms with Crippen LogP contribution in [0.3, 0.4) is 0 Å². The van der Waals surface area contributed by atoms with E-state index in [9.17, 15) is 26.4 Å². The number of nitrogens with zero attached hydrogens (tertiary/aromatic N) is 2. The Labute approximate surface area is 179 Å². The number of anilines is 1. The van der Waals surface area contributed by atoms with Crippen LogP contribution in [0.25, 0.3) is 11.0 Å². The number of sulfonamides is 1. The smallest absolute Gasteiger partial charge is 0.355 e. The van der Waals surface area contributed by atoms with E-state index in [1.807, 2.05) is 0 Å². The molecule has 164 valence electrons. The molecule has 1 aromatic heterocycles. The second-order valence-corrected chi connectivity index (χ2v) is 9.08. The van der Waals surface area contributed by atoms with Crippen LogP contribution in [0, 0.1) is 0 Å². The van der Waals surface area contributed by atoms with Crippen LogP contribution in [-0.2, 0) is 16.2 Å². The SMILES string of the molecule is O=C(c1noc2ccc(S(=O)(=O)Nc3ccc(Cl)c(C(F)(F)F)c3)cc12)N1CCCC1. The van der Waals surface area contributed by atoms with Crippen molar-refractivity contribution < 1.29 is 30.9 Å². The largest absolute Gasteiger partial charge is 0.417 e. The summed E-state index contributed by atoms with van der Waals surface area (Å²) in [4.78, 5) is 14.0. The highest BCUT2D eigenvalue weighted by molar-refractivity contribution is 7.92. The number of carbonyl (C=O) groups is 1. The molecule has 1 aliphatic heterocycles. The quantitative estimate of drug-likeness (QED) is 0.600. The summed E-state index contributed by atoms with van der Waals surface area (Å²) < 4.78 is 72.0. The zero-order chi connectivity index (χ0) is 22.4. The van der Waals surface area contributed by atoms with Crippen molar-refractivity contribution >= 4 is 44.2 Å². The number of rotatable bonds is 4. The fourth-order valence-corrected chi connectivity index (χ4v) is 4.63. The molecule has 0 radical (unpaired) electrons. The van der Waals surface area contributed by atoms with Crippen LogP contribution in [0.15, 0.2) is 45.8 Å². The van der Waals surface area contributed by atoms with E-state index >= 15 is 0 Å². The van der Waals surface area contributed by atoms with Crippen LogP contribution in [0.4, 0.5) is 18.9 Å². The van der Waals surface area contributed by atoms with Crippen LogP contribution in [0.1, 0.15) is 28.9 Å². The molecule has 0 bridgehead atoms. The molecule has 7 nitrogen and oxygen atoms in total. The van der Waals surface area contributed by atoms with Gasteiger partial charge in [-0.15, -0.1) is 0 Å². The molecule has 1 saturated heterocycles. The molecular formula is C19H15ClF3N3O4S. The second kappa shape index (κ2) is 7.72. The fourth-order valence-electron chi connectivity index (χ4n) is 3.33. The van der Waals surface area contributed by atoms with Gasteiger partial charge in [-0.2, -0.15) is 13.2 Å². The highest BCUT2D eigenvalue weighted by atomic mass is 35.5. The Balaban J connectivity index is 1.68. The van der Waals surface area contributed by atoms with Crippen molar-refractivity contribution in [2.75, 3.05) is 17.8 Å². The zero-order valence-corrected chi connectivity index (χ0v) is 17.3. The Morgan fingerprint density at radius 2 is 1.84 bits per heavy atom. The van der Waals surface area contributed by atoms with Gasteiger partial charge in [0.1, 0.15) is 0 Å². The highest BCUT2D eigenvalue weighted by Crippen LogP contribution is 2.36. The average molecular weight is 474 g/mol. The fraction of sp³-hybridized carbons (Fsp3) is 0.263. The summed E-state index contributed by atoms with van der Waals surface area (Å²) in [6.07, 6.45) is -3.01. The Morgan fingerprint density at radius 3 is 2.52 bits per heavy atom.